The predicted molar refractivity (Wildman–Crippen MR) is 59.2 cm³/mol. The number of hydrogen-bond donors (Lipinski definition) is 2. The molecule has 2 atom stereocenters. The Morgan fingerprint density at radius 1 is 1.57 bits per heavy atom. The number of rotatable bonds is 7. The van der Waals surface area contributed by atoms with Crippen LogP contribution in [0.1, 0.15) is 26.7 Å². The summed E-state index contributed by atoms with van der Waals surface area (Å²) in [6.07, 6.45) is 2.30. The summed E-state index contributed by atoms with van der Waals surface area (Å²) in [5.74, 6) is 0.858. The third kappa shape index (κ3) is 3.95. The number of hydrogen-bond acceptors (Lipinski definition) is 3. The first kappa shape index (κ1) is 12.0. The van der Waals surface area contributed by atoms with E-state index in [4.69, 9.17) is 10.5 Å². The van der Waals surface area contributed by atoms with Crippen LogP contribution >= 0.6 is 0 Å². The Kier molecular flexibility index (Phi) is 4.35. The van der Waals surface area contributed by atoms with Gasteiger partial charge in [-0.05, 0) is 30.7 Å². The normalized spacial score (nSPS) is 26.1. The zero-order valence-corrected chi connectivity index (χ0v) is 9.68. The van der Waals surface area contributed by atoms with Crippen molar-refractivity contribution in [2.24, 2.45) is 17.1 Å². The van der Waals surface area contributed by atoms with E-state index in [2.05, 4.69) is 19.2 Å². The van der Waals surface area contributed by atoms with E-state index in [9.17, 15) is 0 Å². The van der Waals surface area contributed by atoms with Crippen molar-refractivity contribution in [2.75, 3.05) is 26.8 Å². The first-order chi connectivity index (χ1) is 6.56. The maximum absolute atomic E-state index is 5.89. The minimum absolute atomic E-state index is 0.233. The maximum Gasteiger partial charge on any atom is 0.0477 e. The highest BCUT2D eigenvalue weighted by Crippen LogP contribution is 2.50. The van der Waals surface area contributed by atoms with E-state index in [0.29, 0.717) is 5.41 Å². The topological polar surface area (TPSA) is 47.3 Å². The van der Waals surface area contributed by atoms with Crippen LogP contribution in [-0.2, 0) is 4.74 Å². The van der Waals surface area contributed by atoms with Gasteiger partial charge in [-0.2, -0.15) is 0 Å². The van der Waals surface area contributed by atoms with Crippen LogP contribution < -0.4 is 11.1 Å². The second-order valence-corrected chi connectivity index (χ2v) is 5.09. The molecule has 0 aromatic heterocycles. The fraction of sp³-hybridized carbons (Fsp3) is 1.00. The van der Waals surface area contributed by atoms with Crippen molar-refractivity contribution < 1.29 is 4.74 Å². The molecular weight excluding hydrogens is 176 g/mol. The van der Waals surface area contributed by atoms with Crippen molar-refractivity contribution in [3.05, 3.63) is 0 Å². The highest BCUT2D eigenvalue weighted by Gasteiger charge is 2.44. The van der Waals surface area contributed by atoms with Crippen LogP contribution in [0.15, 0.2) is 0 Å². The Labute approximate surface area is 87.4 Å². The summed E-state index contributed by atoms with van der Waals surface area (Å²) >= 11 is 0. The van der Waals surface area contributed by atoms with Crippen LogP contribution in [0.3, 0.4) is 0 Å². The fourth-order valence-corrected chi connectivity index (χ4v) is 1.74. The minimum atomic E-state index is 0.233. The molecule has 2 unspecified atom stereocenters. The molecule has 0 aliphatic heterocycles. The monoisotopic (exact) mass is 200 g/mol. The van der Waals surface area contributed by atoms with Crippen LogP contribution in [0.25, 0.3) is 0 Å². The molecule has 3 nitrogen and oxygen atoms in total. The molecule has 1 rings (SSSR count). The molecule has 1 aliphatic rings. The Balaban J connectivity index is 1.94. The van der Waals surface area contributed by atoms with Gasteiger partial charge in [-0.1, -0.05) is 13.8 Å². The Bertz CT molecular complexity index is 171. The largest absolute Gasteiger partial charge is 0.385 e. The summed E-state index contributed by atoms with van der Waals surface area (Å²) in [6, 6.07) is 0.233. The average Bonchev–Trinajstić information content (AvgIpc) is 2.71. The second-order valence-electron chi connectivity index (χ2n) is 5.09. The van der Waals surface area contributed by atoms with Gasteiger partial charge < -0.3 is 15.8 Å². The molecule has 84 valence electrons. The summed E-state index contributed by atoms with van der Waals surface area (Å²) in [7, 11) is 1.72. The smallest absolute Gasteiger partial charge is 0.0477 e. The lowest BCUT2D eigenvalue weighted by Gasteiger charge is -2.12. The highest BCUT2D eigenvalue weighted by molar-refractivity contribution is 4.96. The lowest BCUT2D eigenvalue weighted by molar-refractivity contribution is 0.187. The van der Waals surface area contributed by atoms with Gasteiger partial charge >= 0.3 is 0 Å². The summed E-state index contributed by atoms with van der Waals surface area (Å²) in [5, 5.41) is 3.43. The van der Waals surface area contributed by atoms with Gasteiger partial charge in [0.15, 0.2) is 0 Å². The van der Waals surface area contributed by atoms with Crippen molar-refractivity contribution in [2.45, 2.75) is 32.7 Å². The molecule has 0 amide bonds. The molecule has 3 N–H and O–H groups in total. The quantitative estimate of drug-likeness (QED) is 0.644. The lowest BCUT2D eigenvalue weighted by atomic mass is 10.1. The van der Waals surface area contributed by atoms with Crippen LogP contribution in [0.2, 0.25) is 0 Å². The molecule has 1 saturated carbocycles. The average molecular weight is 200 g/mol. The first-order valence-corrected chi connectivity index (χ1v) is 5.51. The maximum atomic E-state index is 5.89. The van der Waals surface area contributed by atoms with E-state index in [0.717, 1.165) is 32.0 Å². The van der Waals surface area contributed by atoms with E-state index < -0.39 is 0 Å². The second kappa shape index (κ2) is 5.10. The van der Waals surface area contributed by atoms with Gasteiger partial charge in [-0.25, -0.2) is 0 Å². The van der Waals surface area contributed by atoms with E-state index in [1.165, 1.54) is 6.42 Å². The van der Waals surface area contributed by atoms with E-state index in [1.807, 2.05) is 0 Å². The van der Waals surface area contributed by atoms with Gasteiger partial charge in [0.25, 0.3) is 0 Å². The zero-order chi connectivity index (χ0) is 10.6. The zero-order valence-electron chi connectivity index (χ0n) is 9.68. The summed E-state index contributed by atoms with van der Waals surface area (Å²) in [5.41, 5.74) is 6.46. The van der Waals surface area contributed by atoms with Crippen molar-refractivity contribution in [3.63, 3.8) is 0 Å². The molecule has 0 aromatic carbocycles. The third-order valence-electron chi connectivity index (χ3n) is 3.21. The molecule has 14 heavy (non-hydrogen) atoms. The van der Waals surface area contributed by atoms with Crippen molar-refractivity contribution in [3.8, 4) is 0 Å². The molecule has 1 aliphatic carbocycles. The Morgan fingerprint density at radius 2 is 2.21 bits per heavy atom. The van der Waals surface area contributed by atoms with E-state index >= 15 is 0 Å². The summed E-state index contributed by atoms with van der Waals surface area (Å²) in [4.78, 5) is 0. The van der Waals surface area contributed by atoms with Gasteiger partial charge in [0.1, 0.15) is 0 Å². The molecular formula is C11H24N2O. The van der Waals surface area contributed by atoms with Gasteiger partial charge in [-0.3, -0.25) is 0 Å². The van der Waals surface area contributed by atoms with Gasteiger partial charge in [-0.15, -0.1) is 0 Å². The highest BCUT2D eigenvalue weighted by atomic mass is 16.5. The molecule has 3 heteroatoms. The standard InChI is InChI=1S/C11H24N2O/c1-11(2)6-9(11)7-13-8-10(12)4-5-14-3/h9-10,13H,4-8,12H2,1-3H3. The molecule has 0 radical (unpaired) electrons. The molecule has 0 aromatic rings. The Hall–Kier alpha value is -0.120. The molecule has 0 heterocycles. The van der Waals surface area contributed by atoms with Crippen molar-refractivity contribution >= 4 is 0 Å². The van der Waals surface area contributed by atoms with E-state index in [1.54, 1.807) is 7.11 Å². The first-order valence-electron chi connectivity index (χ1n) is 5.51. The molecule has 0 bridgehead atoms. The molecule has 0 saturated heterocycles. The van der Waals surface area contributed by atoms with Crippen LogP contribution in [0.5, 0.6) is 0 Å². The summed E-state index contributed by atoms with van der Waals surface area (Å²) < 4.78 is 4.98. The fourth-order valence-electron chi connectivity index (χ4n) is 1.74. The SMILES string of the molecule is COCCC(N)CNCC1CC1(C)C. The molecule has 0 spiro atoms. The number of nitrogens with two attached hydrogens (primary N) is 1. The van der Waals surface area contributed by atoms with Crippen LogP contribution in [0.4, 0.5) is 0 Å². The van der Waals surface area contributed by atoms with E-state index in [-0.39, 0.29) is 6.04 Å². The van der Waals surface area contributed by atoms with Crippen LogP contribution in [-0.4, -0.2) is 32.8 Å². The van der Waals surface area contributed by atoms with Crippen molar-refractivity contribution in [1.82, 2.24) is 5.32 Å². The number of methoxy groups -OCH3 is 1. The lowest BCUT2D eigenvalue weighted by Crippen LogP contribution is -2.35. The van der Waals surface area contributed by atoms with Crippen LogP contribution in [0, 0.1) is 11.3 Å². The molecule has 1 fully saturated rings. The van der Waals surface area contributed by atoms with Gasteiger partial charge in [0.2, 0.25) is 0 Å². The van der Waals surface area contributed by atoms with Crippen molar-refractivity contribution in [1.29, 1.82) is 0 Å². The number of nitrogens with one attached hydrogen (secondary N) is 1. The van der Waals surface area contributed by atoms with Gasteiger partial charge in [0.05, 0.1) is 0 Å². The minimum Gasteiger partial charge on any atom is -0.385 e. The van der Waals surface area contributed by atoms with Gasteiger partial charge in [0, 0.05) is 26.3 Å². The third-order valence-corrected chi connectivity index (χ3v) is 3.21. The predicted octanol–water partition coefficient (Wildman–Crippen LogP) is 0.986. The Morgan fingerprint density at radius 3 is 2.71 bits per heavy atom. The number of ether oxygens (including phenoxy) is 1. The summed E-state index contributed by atoms with van der Waals surface area (Å²) in [6.45, 7) is 7.44.